The molecule has 1 atom stereocenters. The summed E-state index contributed by atoms with van der Waals surface area (Å²) in [5.74, 6) is -0.286. The highest BCUT2D eigenvalue weighted by molar-refractivity contribution is 5.80. The second-order valence-corrected chi connectivity index (χ2v) is 4.93. The fourth-order valence-electron chi connectivity index (χ4n) is 2.08. The molecule has 0 bridgehead atoms. The number of hydrogen-bond acceptors (Lipinski definition) is 4. The lowest BCUT2D eigenvalue weighted by Crippen LogP contribution is -2.52. The maximum Gasteiger partial charge on any atom is 0.251 e. The van der Waals surface area contributed by atoms with Crippen LogP contribution in [0.4, 0.5) is 0 Å². The van der Waals surface area contributed by atoms with E-state index in [0.717, 1.165) is 12.8 Å². The lowest BCUT2D eigenvalue weighted by atomic mass is 10.2. The summed E-state index contributed by atoms with van der Waals surface area (Å²) in [6.07, 6.45) is 1.66. The van der Waals surface area contributed by atoms with Gasteiger partial charge in [0, 0.05) is 32.8 Å². The van der Waals surface area contributed by atoms with Gasteiger partial charge in [-0.05, 0) is 13.3 Å². The van der Waals surface area contributed by atoms with E-state index < -0.39 is 0 Å². The molecule has 0 saturated carbocycles. The molecule has 2 N–H and O–H groups in total. The zero-order valence-electron chi connectivity index (χ0n) is 11.9. The minimum absolute atomic E-state index is 0.0369. The summed E-state index contributed by atoms with van der Waals surface area (Å²) in [6, 6.07) is 0. The van der Waals surface area contributed by atoms with Crippen molar-refractivity contribution in [2.24, 2.45) is 5.73 Å². The van der Waals surface area contributed by atoms with E-state index >= 15 is 0 Å². The minimum atomic E-state index is -0.380. The van der Waals surface area contributed by atoms with E-state index in [-0.39, 0.29) is 24.5 Å². The lowest BCUT2D eigenvalue weighted by molar-refractivity contribution is -0.144. The second-order valence-electron chi connectivity index (χ2n) is 4.93. The number of piperazine rings is 1. The van der Waals surface area contributed by atoms with Gasteiger partial charge in [0.15, 0.2) is 0 Å². The number of hydrogen-bond donors (Lipinski definition) is 1. The fourth-order valence-corrected chi connectivity index (χ4v) is 2.08. The molecule has 1 saturated heterocycles. The third kappa shape index (κ3) is 5.57. The number of ether oxygens (including phenoxy) is 1. The first-order valence-corrected chi connectivity index (χ1v) is 6.95. The summed E-state index contributed by atoms with van der Waals surface area (Å²) < 4.78 is 5.51. The van der Waals surface area contributed by atoms with Crippen LogP contribution in [-0.2, 0) is 14.3 Å². The van der Waals surface area contributed by atoms with Crippen LogP contribution in [0.5, 0.6) is 0 Å². The number of unbranched alkanes of at least 4 members (excludes halogenated alkanes) is 1. The van der Waals surface area contributed by atoms with Gasteiger partial charge in [-0.2, -0.15) is 0 Å². The topological polar surface area (TPSA) is 75.9 Å². The largest absolute Gasteiger partial charge is 0.369 e. The zero-order valence-corrected chi connectivity index (χ0v) is 11.9. The van der Waals surface area contributed by atoms with Gasteiger partial charge in [-0.15, -0.1) is 0 Å². The molecule has 1 fully saturated rings. The van der Waals surface area contributed by atoms with Gasteiger partial charge >= 0.3 is 0 Å². The molecule has 1 rings (SSSR count). The molecule has 0 unspecified atom stereocenters. The molecule has 0 aromatic carbocycles. The molecule has 0 aromatic rings. The van der Waals surface area contributed by atoms with E-state index in [2.05, 4.69) is 6.92 Å². The fraction of sp³-hybridized carbons (Fsp3) is 0.846. The van der Waals surface area contributed by atoms with Crippen molar-refractivity contribution < 1.29 is 14.3 Å². The summed E-state index contributed by atoms with van der Waals surface area (Å²) in [7, 11) is 0. The molecule has 1 aliphatic heterocycles. The van der Waals surface area contributed by atoms with Crippen LogP contribution in [0.15, 0.2) is 0 Å². The van der Waals surface area contributed by atoms with Crippen molar-refractivity contribution in [3.05, 3.63) is 0 Å². The first-order chi connectivity index (χ1) is 9.04. The molecule has 0 aromatic heterocycles. The SMILES string of the molecule is CCCCO[C@H](C)C(=O)N1CCN(CC(N)=O)CC1. The van der Waals surface area contributed by atoms with Crippen LogP contribution in [0.1, 0.15) is 26.7 Å². The lowest BCUT2D eigenvalue weighted by Gasteiger charge is -2.35. The third-order valence-electron chi connectivity index (χ3n) is 3.28. The number of carbonyl (C=O) groups is 2. The summed E-state index contributed by atoms with van der Waals surface area (Å²) in [4.78, 5) is 26.7. The summed E-state index contributed by atoms with van der Waals surface area (Å²) >= 11 is 0. The molecule has 6 heteroatoms. The number of rotatable bonds is 7. The molecule has 19 heavy (non-hydrogen) atoms. The molecule has 0 radical (unpaired) electrons. The smallest absolute Gasteiger partial charge is 0.251 e. The predicted molar refractivity (Wildman–Crippen MR) is 72.5 cm³/mol. The van der Waals surface area contributed by atoms with Crippen molar-refractivity contribution in [2.75, 3.05) is 39.3 Å². The Balaban J connectivity index is 2.29. The highest BCUT2D eigenvalue weighted by Gasteiger charge is 2.25. The van der Waals surface area contributed by atoms with Gasteiger partial charge in [-0.1, -0.05) is 13.3 Å². The second kappa shape index (κ2) is 8.12. The Kier molecular flexibility index (Phi) is 6.80. The molecule has 1 aliphatic rings. The van der Waals surface area contributed by atoms with Crippen LogP contribution >= 0.6 is 0 Å². The molecule has 110 valence electrons. The van der Waals surface area contributed by atoms with E-state index in [0.29, 0.717) is 32.8 Å². The Morgan fingerprint density at radius 3 is 2.42 bits per heavy atom. The minimum Gasteiger partial charge on any atom is -0.369 e. The quantitative estimate of drug-likeness (QED) is 0.652. The van der Waals surface area contributed by atoms with Gasteiger partial charge < -0.3 is 15.4 Å². The number of nitrogens with zero attached hydrogens (tertiary/aromatic N) is 2. The summed E-state index contributed by atoms with van der Waals surface area (Å²) in [6.45, 7) is 7.44. The maximum absolute atomic E-state index is 12.1. The molecule has 1 heterocycles. The molecule has 2 amide bonds. The van der Waals surface area contributed by atoms with E-state index in [1.165, 1.54) is 0 Å². The van der Waals surface area contributed by atoms with E-state index in [1.54, 1.807) is 11.8 Å². The molecular weight excluding hydrogens is 246 g/mol. The Bertz CT molecular complexity index is 302. The Hall–Kier alpha value is -1.14. The van der Waals surface area contributed by atoms with E-state index in [4.69, 9.17) is 10.5 Å². The highest BCUT2D eigenvalue weighted by atomic mass is 16.5. The predicted octanol–water partition coefficient (Wildman–Crippen LogP) is -0.179. The Morgan fingerprint density at radius 1 is 1.26 bits per heavy atom. The van der Waals surface area contributed by atoms with Gasteiger partial charge in [-0.25, -0.2) is 0 Å². The summed E-state index contributed by atoms with van der Waals surface area (Å²) in [5.41, 5.74) is 5.15. The average molecular weight is 271 g/mol. The van der Waals surface area contributed by atoms with Crippen LogP contribution in [0, 0.1) is 0 Å². The molecular formula is C13H25N3O3. The van der Waals surface area contributed by atoms with Gasteiger partial charge in [-0.3, -0.25) is 14.5 Å². The molecule has 0 spiro atoms. The molecule has 6 nitrogen and oxygen atoms in total. The van der Waals surface area contributed by atoms with Crippen LogP contribution in [0.2, 0.25) is 0 Å². The van der Waals surface area contributed by atoms with Crippen molar-refractivity contribution in [1.29, 1.82) is 0 Å². The normalized spacial score (nSPS) is 18.3. The molecule has 0 aliphatic carbocycles. The van der Waals surface area contributed by atoms with Gasteiger partial charge in [0.1, 0.15) is 6.10 Å². The standard InChI is InChI=1S/C13H25N3O3/c1-3-4-9-19-11(2)13(18)16-7-5-15(6-8-16)10-12(14)17/h11H,3-10H2,1-2H3,(H2,14,17)/t11-/m1/s1. The average Bonchev–Trinajstić information content (AvgIpc) is 2.38. The van der Waals surface area contributed by atoms with Crippen molar-refractivity contribution >= 4 is 11.8 Å². The van der Waals surface area contributed by atoms with Crippen LogP contribution < -0.4 is 5.73 Å². The Labute approximate surface area is 114 Å². The monoisotopic (exact) mass is 271 g/mol. The first kappa shape index (κ1) is 15.9. The number of carbonyl (C=O) groups excluding carboxylic acids is 2. The van der Waals surface area contributed by atoms with Gasteiger partial charge in [0.25, 0.3) is 5.91 Å². The maximum atomic E-state index is 12.1. The third-order valence-corrected chi connectivity index (χ3v) is 3.28. The first-order valence-electron chi connectivity index (χ1n) is 6.95. The zero-order chi connectivity index (χ0) is 14.3. The Morgan fingerprint density at radius 2 is 1.89 bits per heavy atom. The van der Waals surface area contributed by atoms with E-state index in [1.807, 2.05) is 4.90 Å². The number of nitrogens with two attached hydrogens (primary N) is 1. The van der Waals surface area contributed by atoms with Crippen LogP contribution in [-0.4, -0.2) is 67.0 Å². The van der Waals surface area contributed by atoms with Gasteiger partial charge in [0.05, 0.1) is 6.54 Å². The van der Waals surface area contributed by atoms with Gasteiger partial charge in [0.2, 0.25) is 5.91 Å². The van der Waals surface area contributed by atoms with Crippen molar-refractivity contribution in [1.82, 2.24) is 9.80 Å². The number of amides is 2. The van der Waals surface area contributed by atoms with Crippen LogP contribution in [0.25, 0.3) is 0 Å². The van der Waals surface area contributed by atoms with Crippen LogP contribution in [0.3, 0.4) is 0 Å². The summed E-state index contributed by atoms with van der Waals surface area (Å²) in [5, 5.41) is 0. The number of primary amides is 1. The van der Waals surface area contributed by atoms with E-state index in [9.17, 15) is 9.59 Å². The van der Waals surface area contributed by atoms with Crippen molar-refractivity contribution in [3.63, 3.8) is 0 Å². The highest BCUT2D eigenvalue weighted by Crippen LogP contribution is 2.06. The van der Waals surface area contributed by atoms with Crippen molar-refractivity contribution in [2.45, 2.75) is 32.8 Å². The van der Waals surface area contributed by atoms with Crippen molar-refractivity contribution in [3.8, 4) is 0 Å².